The molecule has 1 aromatic carbocycles. The van der Waals surface area contributed by atoms with Gasteiger partial charge in [0.25, 0.3) is 0 Å². The van der Waals surface area contributed by atoms with Crippen molar-refractivity contribution < 1.29 is 9.47 Å². The molecule has 2 saturated heterocycles. The first-order valence-corrected chi connectivity index (χ1v) is 11.5. The zero-order valence-corrected chi connectivity index (χ0v) is 21.2. The third kappa shape index (κ3) is 9.89. The number of ether oxygens (including phenoxy) is 2. The molecule has 1 unspecified atom stereocenters. The number of piperazine rings is 1. The predicted molar refractivity (Wildman–Crippen MR) is 139 cm³/mol. The Hall–Kier alpha value is -1.16. The first-order valence-electron chi connectivity index (χ1n) is 11.5. The van der Waals surface area contributed by atoms with Crippen molar-refractivity contribution in [2.24, 2.45) is 10.9 Å². The molecule has 2 aliphatic heterocycles. The summed E-state index contributed by atoms with van der Waals surface area (Å²) >= 11 is 0. The molecule has 2 heterocycles. The highest BCUT2D eigenvalue weighted by Crippen LogP contribution is 2.12. The van der Waals surface area contributed by atoms with Gasteiger partial charge in [0.15, 0.2) is 5.96 Å². The van der Waals surface area contributed by atoms with Gasteiger partial charge in [-0.1, -0.05) is 42.5 Å². The zero-order chi connectivity index (χ0) is 20.9. The number of aliphatic imine (C=N–C) groups is 1. The van der Waals surface area contributed by atoms with E-state index in [-0.39, 0.29) is 24.0 Å². The number of hydrogen-bond acceptors (Lipinski definition) is 4. The second-order valence-electron chi connectivity index (χ2n) is 7.99. The third-order valence-corrected chi connectivity index (χ3v) is 5.57. The Morgan fingerprint density at radius 1 is 1.23 bits per heavy atom. The van der Waals surface area contributed by atoms with E-state index in [1.807, 2.05) is 0 Å². The molecule has 0 aromatic heterocycles. The monoisotopic (exact) mass is 542 g/mol. The maximum Gasteiger partial charge on any atom is 0.194 e. The average Bonchev–Trinajstić information content (AvgIpc) is 3.30. The average molecular weight is 543 g/mol. The van der Waals surface area contributed by atoms with Crippen LogP contribution in [0.1, 0.15) is 25.3 Å². The van der Waals surface area contributed by atoms with Gasteiger partial charge < -0.3 is 19.7 Å². The van der Waals surface area contributed by atoms with Crippen LogP contribution in [0.2, 0.25) is 0 Å². The molecule has 7 heteroatoms. The van der Waals surface area contributed by atoms with Crippen LogP contribution in [0, 0.1) is 5.92 Å². The van der Waals surface area contributed by atoms with Crippen LogP contribution in [-0.2, 0) is 9.47 Å². The molecule has 1 N–H and O–H groups in total. The van der Waals surface area contributed by atoms with Crippen LogP contribution in [0.25, 0.3) is 6.08 Å². The summed E-state index contributed by atoms with van der Waals surface area (Å²) in [5.74, 6) is 1.63. The van der Waals surface area contributed by atoms with Gasteiger partial charge in [0.05, 0.1) is 13.2 Å². The van der Waals surface area contributed by atoms with Crippen LogP contribution in [0.5, 0.6) is 0 Å². The van der Waals surface area contributed by atoms with Crippen LogP contribution >= 0.6 is 24.0 Å². The molecule has 31 heavy (non-hydrogen) atoms. The fourth-order valence-corrected chi connectivity index (χ4v) is 3.79. The Morgan fingerprint density at radius 2 is 2.03 bits per heavy atom. The van der Waals surface area contributed by atoms with Crippen molar-refractivity contribution in [1.82, 2.24) is 15.1 Å². The number of halogens is 1. The molecule has 2 fully saturated rings. The zero-order valence-electron chi connectivity index (χ0n) is 18.9. The number of hydrogen-bond donors (Lipinski definition) is 1. The summed E-state index contributed by atoms with van der Waals surface area (Å²) in [5.41, 5.74) is 1.26. The van der Waals surface area contributed by atoms with Crippen molar-refractivity contribution >= 4 is 36.0 Å². The summed E-state index contributed by atoms with van der Waals surface area (Å²) in [6, 6.07) is 10.5. The minimum Gasteiger partial charge on any atom is -0.381 e. The third-order valence-electron chi connectivity index (χ3n) is 5.57. The van der Waals surface area contributed by atoms with E-state index in [2.05, 4.69) is 64.5 Å². The molecule has 0 saturated carbocycles. The van der Waals surface area contributed by atoms with Crippen LogP contribution in [0.3, 0.4) is 0 Å². The molecule has 1 aromatic rings. The van der Waals surface area contributed by atoms with E-state index >= 15 is 0 Å². The molecule has 1 atom stereocenters. The van der Waals surface area contributed by atoms with Gasteiger partial charge in [-0.15, -0.1) is 24.0 Å². The predicted octanol–water partition coefficient (Wildman–Crippen LogP) is 3.34. The fourth-order valence-electron chi connectivity index (χ4n) is 3.79. The molecule has 0 radical (unpaired) electrons. The van der Waals surface area contributed by atoms with Crippen molar-refractivity contribution in [2.75, 3.05) is 72.2 Å². The van der Waals surface area contributed by atoms with Crippen LogP contribution in [0.4, 0.5) is 0 Å². The van der Waals surface area contributed by atoms with Gasteiger partial charge in [-0.2, -0.15) is 0 Å². The maximum atomic E-state index is 5.79. The molecule has 174 valence electrons. The lowest BCUT2D eigenvalue weighted by atomic mass is 10.1. The van der Waals surface area contributed by atoms with E-state index in [1.165, 1.54) is 5.56 Å². The molecule has 6 nitrogen and oxygen atoms in total. The quantitative estimate of drug-likeness (QED) is 0.213. The Morgan fingerprint density at radius 3 is 2.74 bits per heavy atom. The molecular formula is C24H39IN4O2. The Labute approximate surface area is 205 Å². The first kappa shape index (κ1) is 26.1. The van der Waals surface area contributed by atoms with E-state index in [1.54, 1.807) is 0 Å². The van der Waals surface area contributed by atoms with Gasteiger partial charge in [0.2, 0.25) is 0 Å². The normalized spacial score (nSPS) is 20.2. The standard InChI is InChI=1S/C24H38N4O2.HI/c1-2-25-24(26-12-7-18-29-20-23-11-19-30-21-23)28-16-14-27(15-17-28)13-6-10-22-8-4-3-5-9-22;/h3-6,8-10,23H,2,7,11-21H2,1H3,(H,25,26);1H/b10-6+;. The highest BCUT2D eigenvalue weighted by molar-refractivity contribution is 14.0. The summed E-state index contributed by atoms with van der Waals surface area (Å²) in [5, 5.41) is 3.45. The van der Waals surface area contributed by atoms with Crippen molar-refractivity contribution in [3.63, 3.8) is 0 Å². The van der Waals surface area contributed by atoms with Gasteiger partial charge in [-0.25, -0.2) is 0 Å². The molecule has 0 spiro atoms. The van der Waals surface area contributed by atoms with E-state index in [4.69, 9.17) is 14.5 Å². The van der Waals surface area contributed by atoms with E-state index < -0.39 is 0 Å². The lowest BCUT2D eigenvalue weighted by Gasteiger charge is -2.36. The highest BCUT2D eigenvalue weighted by atomic mass is 127. The van der Waals surface area contributed by atoms with Crippen LogP contribution in [-0.4, -0.2) is 88.0 Å². The Bertz CT molecular complexity index is 642. The highest BCUT2D eigenvalue weighted by Gasteiger charge is 2.18. The van der Waals surface area contributed by atoms with E-state index in [0.717, 1.165) is 91.0 Å². The van der Waals surface area contributed by atoms with Crippen LogP contribution in [0.15, 0.2) is 41.4 Å². The second-order valence-corrected chi connectivity index (χ2v) is 7.99. The maximum absolute atomic E-state index is 5.79. The van der Waals surface area contributed by atoms with Crippen molar-refractivity contribution in [3.05, 3.63) is 42.0 Å². The van der Waals surface area contributed by atoms with Crippen LogP contribution < -0.4 is 5.32 Å². The van der Waals surface area contributed by atoms with Crippen molar-refractivity contribution in [3.8, 4) is 0 Å². The first-order chi connectivity index (χ1) is 14.8. The minimum absolute atomic E-state index is 0. The summed E-state index contributed by atoms with van der Waals surface area (Å²) in [4.78, 5) is 9.71. The second kappa shape index (κ2) is 15.6. The largest absolute Gasteiger partial charge is 0.381 e. The number of guanidine groups is 1. The minimum atomic E-state index is 0. The summed E-state index contributed by atoms with van der Waals surface area (Å²) < 4.78 is 11.2. The van der Waals surface area contributed by atoms with Gasteiger partial charge in [-0.05, 0) is 25.3 Å². The molecule has 0 bridgehead atoms. The topological polar surface area (TPSA) is 49.3 Å². The number of nitrogens with one attached hydrogen (secondary N) is 1. The fraction of sp³-hybridized carbons (Fsp3) is 0.625. The molecular weight excluding hydrogens is 503 g/mol. The van der Waals surface area contributed by atoms with Crippen molar-refractivity contribution in [2.45, 2.75) is 19.8 Å². The smallest absolute Gasteiger partial charge is 0.194 e. The molecule has 0 amide bonds. The summed E-state index contributed by atoms with van der Waals surface area (Å²) in [6.07, 6.45) is 6.57. The lowest BCUT2D eigenvalue weighted by Crippen LogP contribution is -2.52. The van der Waals surface area contributed by atoms with Gasteiger partial charge >= 0.3 is 0 Å². The summed E-state index contributed by atoms with van der Waals surface area (Å²) in [6.45, 7) is 12.4. The summed E-state index contributed by atoms with van der Waals surface area (Å²) in [7, 11) is 0. The van der Waals surface area contributed by atoms with Gasteiger partial charge in [0.1, 0.15) is 0 Å². The number of benzene rings is 1. The van der Waals surface area contributed by atoms with E-state index in [0.29, 0.717) is 5.92 Å². The Kier molecular flexibility index (Phi) is 13.1. The SMILES string of the molecule is CCNC(=NCCCOCC1CCOC1)N1CCN(C/C=C/c2ccccc2)CC1.I. The molecule has 3 rings (SSSR count). The molecule has 0 aliphatic carbocycles. The van der Waals surface area contributed by atoms with E-state index in [9.17, 15) is 0 Å². The van der Waals surface area contributed by atoms with Crippen molar-refractivity contribution in [1.29, 1.82) is 0 Å². The van der Waals surface area contributed by atoms with Gasteiger partial charge in [-0.3, -0.25) is 9.89 Å². The lowest BCUT2D eigenvalue weighted by molar-refractivity contribution is 0.0892. The Balaban J connectivity index is 0.00000341. The molecule has 2 aliphatic rings. The number of rotatable bonds is 10. The number of nitrogens with zero attached hydrogens (tertiary/aromatic N) is 3. The van der Waals surface area contributed by atoms with Gasteiger partial charge in [0, 0.05) is 64.9 Å².